The van der Waals surface area contributed by atoms with Crippen LogP contribution in [0.25, 0.3) is 10.2 Å². The lowest BCUT2D eigenvalue weighted by Gasteiger charge is -2.57. The molecule has 2 aromatic heterocycles. The van der Waals surface area contributed by atoms with E-state index in [1.165, 1.54) is 17.1 Å². The first-order chi connectivity index (χ1) is 15.8. The van der Waals surface area contributed by atoms with E-state index in [-0.39, 0.29) is 34.3 Å². The minimum atomic E-state index is -3.72. The number of nitrogens with zero attached hydrogens (tertiary/aromatic N) is 1. The largest absolute Gasteiger partial charge is 0.438 e. The fraction of sp³-hybridized carbons (Fsp3) is 0.478. The molecule has 0 aliphatic heterocycles. The van der Waals surface area contributed by atoms with Crippen molar-refractivity contribution < 1.29 is 17.6 Å². The number of sulfonamides is 1. The molecule has 2 N–H and O–H groups in total. The number of carbonyl (C=O) groups excluding carboxylic acids is 1. The number of nitrogens with one attached hydrogen (secondary N) is 2. The van der Waals surface area contributed by atoms with Crippen LogP contribution in [-0.4, -0.2) is 31.4 Å². The molecule has 1 aromatic carbocycles. The first-order valence-electron chi connectivity index (χ1n) is 11.3. The molecule has 33 heavy (non-hydrogen) atoms. The molecule has 3 saturated carbocycles. The van der Waals surface area contributed by atoms with Gasteiger partial charge in [0.2, 0.25) is 5.09 Å². The highest BCUT2D eigenvalue weighted by Gasteiger charge is 2.54. The van der Waals surface area contributed by atoms with Crippen LogP contribution in [0.3, 0.4) is 0 Å². The summed E-state index contributed by atoms with van der Waals surface area (Å²) in [5.74, 6) is 0.141. The second-order valence-electron chi connectivity index (χ2n) is 9.72. The number of aromatic nitrogens is 1. The second-order valence-corrected chi connectivity index (χ2v) is 12.9. The molecule has 2 heterocycles. The maximum atomic E-state index is 12.6. The van der Waals surface area contributed by atoms with Crippen molar-refractivity contribution in [2.45, 2.75) is 68.0 Å². The molecule has 7 nitrogen and oxygen atoms in total. The van der Waals surface area contributed by atoms with Crippen molar-refractivity contribution in [3.05, 3.63) is 46.1 Å². The van der Waals surface area contributed by atoms with Crippen molar-refractivity contribution in [1.82, 2.24) is 15.0 Å². The Labute approximate surface area is 201 Å². The molecule has 3 aromatic rings. The van der Waals surface area contributed by atoms with E-state index in [4.69, 9.17) is 21.0 Å². The standard InChI is InChI=1S/C23H24ClN3O4S2/c24-14-4-6-19-17(8-14)26-22(32-19)13-9-23(10-13)11-16(12-23)25-21(28)18-5-7-20(31-18)33(29,30)27-15-2-1-3-15/h4-8,13,15-16,27H,1-3,9-12H2,(H,25,28). The van der Waals surface area contributed by atoms with Gasteiger partial charge in [-0.3, -0.25) is 4.79 Å². The number of furan rings is 1. The van der Waals surface area contributed by atoms with Crippen LogP contribution < -0.4 is 10.0 Å². The normalized spacial score (nSPS) is 27.2. The van der Waals surface area contributed by atoms with Gasteiger partial charge in [-0.25, -0.2) is 18.1 Å². The molecule has 3 fully saturated rings. The smallest absolute Gasteiger partial charge is 0.287 e. The lowest BCUT2D eigenvalue weighted by atomic mass is 9.50. The molecule has 0 radical (unpaired) electrons. The molecule has 1 amide bonds. The van der Waals surface area contributed by atoms with E-state index in [2.05, 4.69) is 10.0 Å². The molecule has 0 atom stereocenters. The molecular formula is C23H24ClN3O4S2. The molecule has 10 heteroatoms. The Balaban J connectivity index is 1.02. The Kier molecular flexibility index (Phi) is 5.10. The third-order valence-electron chi connectivity index (χ3n) is 7.27. The van der Waals surface area contributed by atoms with Crippen molar-refractivity contribution in [1.29, 1.82) is 0 Å². The van der Waals surface area contributed by atoms with Gasteiger partial charge in [0.25, 0.3) is 15.9 Å². The number of amides is 1. The number of hydrogen-bond donors (Lipinski definition) is 2. The lowest BCUT2D eigenvalue weighted by Crippen LogP contribution is -2.55. The van der Waals surface area contributed by atoms with Gasteiger partial charge in [0.15, 0.2) is 5.76 Å². The minimum absolute atomic E-state index is 0.0320. The number of hydrogen-bond acceptors (Lipinski definition) is 6. The van der Waals surface area contributed by atoms with Gasteiger partial charge < -0.3 is 9.73 Å². The van der Waals surface area contributed by atoms with Gasteiger partial charge in [-0.05, 0) is 74.3 Å². The van der Waals surface area contributed by atoms with Crippen LogP contribution in [0.4, 0.5) is 0 Å². The first kappa shape index (κ1) is 21.6. The van der Waals surface area contributed by atoms with Gasteiger partial charge in [-0.15, -0.1) is 11.3 Å². The van der Waals surface area contributed by atoms with Gasteiger partial charge in [0.1, 0.15) is 0 Å². The molecular weight excluding hydrogens is 482 g/mol. The molecule has 3 aliphatic carbocycles. The topological polar surface area (TPSA) is 101 Å². The van der Waals surface area contributed by atoms with Gasteiger partial charge >= 0.3 is 0 Å². The van der Waals surface area contributed by atoms with Gasteiger partial charge in [0, 0.05) is 23.0 Å². The summed E-state index contributed by atoms with van der Waals surface area (Å²) in [5.41, 5.74) is 1.24. The van der Waals surface area contributed by atoms with Crippen molar-refractivity contribution >= 4 is 49.1 Å². The van der Waals surface area contributed by atoms with E-state index in [1.54, 1.807) is 11.3 Å². The number of fused-ring (bicyclic) bond motifs is 1. The Morgan fingerprint density at radius 3 is 2.64 bits per heavy atom. The predicted octanol–water partition coefficient (Wildman–Crippen LogP) is 4.83. The van der Waals surface area contributed by atoms with E-state index < -0.39 is 10.0 Å². The molecule has 3 aliphatic rings. The average molecular weight is 506 g/mol. The highest BCUT2D eigenvalue weighted by molar-refractivity contribution is 7.89. The van der Waals surface area contributed by atoms with Gasteiger partial charge in [-0.2, -0.15) is 0 Å². The summed E-state index contributed by atoms with van der Waals surface area (Å²) in [5, 5.41) is 4.66. The third kappa shape index (κ3) is 3.99. The third-order valence-corrected chi connectivity index (χ3v) is 10.1. The number of benzene rings is 1. The van der Waals surface area contributed by atoms with Crippen LogP contribution in [0.15, 0.2) is 39.8 Å². The predicted molar refractivity (Wildman–Crippen MR) is 126 cm³/mol. The SMILES string of the molecule is O=C(NC1CC2(C1)CC(c1nc3cc(Cl)ccc3s1)C2)c1ccc(S(=O)(=O)NC2CCC2)o1. The zero-order valence-corrected chi connectivity index (χ0v) is 20.2. The molecule has 0 bridgehead atoms. The van der Waals surface area contributed by atoms with Crippen molar-refractivity contribution in [2.24, 2.45) is 5.41 Å². The lowest BCUT2D eigenvalue weighted by molar-refractivity contribution is -0.0190. The summed E-state index contributed by atoms with van der Waals surface area (Å²) < 4.78 is 33.9. The number of rotatable bonds is 6. The number of thiazole rings is 1. The molecule has 174 valence electrons. The van der Waals surface area contributed by atoms with Crippen LogP contribution in [0, 0.1) is 5.41 Å². The molecule has 0 unspecified atom stereocenters. The quantitative estimate of drug-likeness (QED) is 0.499. The van der Waals surface area contributed by atoms with Crippen LogP contribution in [-0.2, 0) is 10.0 Å². The molecule has 0 saturated heterocycles. The maximum Gasteiger partial charge on any atom is 0.287 e. The van der Waals surface area contributed by atoms with E-state index in [0.29, 0.717) is 10.9 Å². The summed E-state index contributed by atoms with van der Waals surface area (Å²) in [6, 6.07) is 8.67. The van der Waals surface area contributed by atoms with Crippen molar-refractivity contribution in [3.63, 3.8) is 0 Å². The van der Waals surface area contributed by atoms with Crippen LogP contribution in [0.5, 0.6) is 0 Å². The summed E-state index contributed by atoms with van der Waals surface area (Å²) in [4.78, 5) is 17.3. The monoisotopic (exact) mass is 505 g/mol. The second kappa shape index (κ2) is 7.80. The van der Waals surface area contributed by atoms with Crippen molar-refractivity contribution in [2.75, 3.05) is 0 Å². The Bertz CT molecular complexity index is 1330. The summed E-state index contributed by atoms with van der Waals surface area (Å²) in [7, 11) is -3.72. The highest BCUT2D eigenvalue weighted by atomic mass is 35.5. The fourth-order valence-corrected chi connectivity index (χ4v) is 7.77. The maximum absolute atomic E-state index is 12.6. The number of carbonyl (C=O) groups is 1. The fourth-order valence-electron chi connectivity index (χ4n) is 5.32. The van der Waals surface area contributed by atoms with Gasteiger partial charge in [-0.1, -0.05) is 18.0 Å². The summed E-state index contributed by atoms with van der Waals surface area (Å²) in [6.07, 6.45) is 6.74. The average Bonchev–Trinajstić information content (AvgIpc) is 3.32. The van der Waals surface area contributed by atoms with Crippen LogP contribution in [0.2, 0.25) is 5.02 Å². The summed E-state index contributed by atoms with van der Waals surface area (Å²) >= 11 is 7.82. The zero-order valence-electron chi connectivity index (χ0n) is 17.8. The Hall–Kier alpha value is -1.94. The highest BCUT2D eigenvalue weighted by Crippen LogP contribution is 2.62. The van der Waals surface area contributed by atoms with E-state index in [1.807, 2.05) is 18.2 Å². The van der Waals surface area contributed by atoms with E-state index in [9.17, 15) is 13.2 Å². The molecule has 1 spiro atoms. The minimum Gasteiger partial charge on any atom is -0.438 e. The van der Waals surface area contributed by atoms with E-state index in [0.717, 1.165) is 55.2 Å². The Morgan fingerprint density at radius 2 is 1.91 bits per heavy atom. The van der Waals surface area contributed by atoms with Crippen LogP contribution in [0.1, 0.15) is 66.4 Å². The molecule has 6 rings (SSSR count). The van der Waals surface area contributed by atoms with E-state index >= 15 is 0 Å². The zero-order chi connectivity index (χ0) is 22.8. The Morgan fingerprint density at radius 1 is 1.12 bits per heavy atom. The van der Waals surface area contributed by atoms with Gasteiger partial charge in [0.05, 0.1) is 15.2 Å². The van der Waals surface area contributed by atoms with Crippen molar-refractivity contribution in [3.8, 4) is 0 Å². The van der Waals surface area contributed by atoms with Crippen LogP contribution >= 0.6 is 22.9 Å². The first-order valence-corrected chi connectivity index (χ1v) is 14.0. The summed E-state index contributed by atoms with van der Waals surface area (Å²) in [6.45, 7) is 0. The number of halogens is 1.